The Morgan fingerprint density at radius 1 is 1.21 bits per heavy atom. The number of anilines is 1. The summed E-state index contributed by atoms with van der Waals surface area (Å²) >= 11 is 6.08. The maximum atomic E-state index is 12.8. The second-order valence-corrected chi connectivity index (χ2v) is 6.38. The lowest BCUT2D eigenvalue weighted by Crippen LogP contribution is -2.07. The van der Waals surface area contributed by atoms with Crippen molar-refractivity contribution in [2.24, 2.45) is 0 Å². The first-order chi connectivity index (χ1) is 13.3. The summed E-state index contributed by atoms with van der Waals surface area (Å²) in [6, 6.07) is 4.45. The van der Waals surface area contributed by atoms with E-state index in [-0.39, 0.29) is 40.9 Å². The first-order valence-corrected chi connectivity index (χ1v) is 8.72. The molecule has 2 heterocycles. The van der Waals surface area contributed by atoms with Crippen LogP contribution in [0.2, 0.25) is 5.02 Å². The number of rotatable bonds is 6. The molecule has 28 heavy (non-hydrogen) atoms. The van der Waals surface area contributed by atoms with Crippen molar-refractivity contribution in [3.8, 4) is 0 Å². The summed E-state index contributed by atoms with van der Waals surface area (Å²) in [7, 11) is 0. The molecule has 0 aliphatic heterocycles. The van der Waals surface area contributed by atoms with E-state index < -0.39 is 17.7 Å². The number of aromatic nitrogens is 1. The quantitative estimate of drug-likeness (QED) is 0.476. The molecule has 2 aromatic heterocycles. The Labute approximate surface area is 164 Å². The molecule has 0 aliphatic carbocycles. The number of hydrogen-bond acceptors (Lipinski definition) is 7. The summed E-state index contributed by atoms with van der Waals surface area (Å²) in [6.07, 6.45) is 1.32. The van der Waals surface area contributed by atoms with E-state index in [1.807, 2.05) is 0 Å². The zero-order valence-electron chi connectivity index (χ0n) is 15.1. The van der Waals surface area contributed by atoms with E-state index in [1.54, 1.807) is 13.0 Å². The van der Waals surface area contributed by atoms with Gasteiger partial charge in [-0.15, -0.1) is 0 Å². The van der Waals surface area contributed by atoms with E-state index in [0.717, 1.165) is 0 Å². The Hall–Kier alpha value is -3.26. The van der Waals surface area contributed by atoms with Gasteiger partial charge in [-0.3, -0.25) is 9.59 Å². The number of nitrogens with one attached hydrogen (secondary N) is 1. The monoisotopic (exact) mass is 404 g/mol. The van der Waals surface area contributed by atoms with Crippen LogP contribution in [-0.2, 0) is 20.9 Å². The van der Waals surface area contributed by atoms with Crippen molar-refractivity contribution >= 4 is 45.9 Å². The van der Waals surface area contributed by atoms with Crippen molar-refractivity contribution in [2.75, 3.05) is 12.3 Å². The molecule has 0 spiro atoms. The van der Waals surface area contributed by atoms with Gasteiger partial charge in [0, 0.05) is 22.9 Å². The number of benzene rings is 1. The first-order valence-electron chi connectivity index (χ1n) is 8.35. The molecule has 0 aliphatic rings. The van der Waals surface area contributed by atoms with Gasteiger partial charge in [-0.25, -0.2) is 4.79 Å². The predicted octanol–water partition coefficient (Wildman–Crippen LogP) is 3.47. The fourth-order valence-electron chi connectivity index (χ4n) is 2.75. The summed E-state index contributed by atoms with van der Waals surface area (Å²) in [5, 5.41) is 0.635. The normalized spacial score (nSPS) is 10.8. The van der Waals surface area contributed by atoms with Crippen LogP contribution in [0.25, 0.3) is 10.9 Å². The standard InChI is InChI=1S/C19H17ClN2O6/c1-3-26-19(25)12-5-11(20)6-13-15(12)16(21)17(22-13)18(24)14-4-10(8-28-14)7-27-9(2)23/h4-6,8,22H,3,7,21H2,1-2H3. The highest BCUT2D eigenvalue weighted by Crippen LogP contribution is 2.33. The van der Waals surface area contributed by atoms with Gasteiger partial charge >= 0.3 is 11.9 Å². The predicted molar refractivity (Wildman–Crippen MR) is 101 cm³/mol. The van der Waals surface area contributed by atoms with E-state index in [4.69, 9.17) is 31.2 Å². The highest BCUT2D eigenvalue weighted by Gasteiger charge is 2.24. The van der Waals surface area contributed by atoms with Crippen LogP contribution in [0.3, 0.4) is 0 Å². The van der Waals surface area contributed by atoms with Crippen molar-refractivity contribution in [1.82, 2.24) is 4.98 Å². The number of halogens is 1. The molecule has 0 bridgehead atoms. The number of nitrogens with two attached hydrogens (primary N) is 1. The Balaban J connectivity index is 2.01. The van der Waals surface area contributed by atoms with Crippen molar-refractivity contribution in [3.63, 3.8) is 0 Å². The van der Waals surface area contributed by atoms with E-state index in [1.165, 1.54) is 25.3 Å². The first kappa shape index (κ1) is 19.5. The van der Waals surface area contributed by atoms with Gasteiger partial charge in [0.1, 0.15) is 12.3 Å². The van der Waals surface area contributed by atoms with Crippen LogP contribution in [0.4, 0.5) is 5.69 Å². The number of H-pyrrole nitrogens is 1. The molecule has 3 rings (SSSR count). The van der Waals surface area contributed by atoms with Gasteiger partial charge in [-0.1, -0.05) is 11.6 Å². The van der Waals surface area contributed by atoms with Crippen LogP contribution < -0.4 is 5.73 Å². The van der Waals surface area contributed by atoms with Crippen LogP contribution in [-0.4, -0.2) is 29.3 Å². The molecule has 0 saturated heterocycles. The van der Waals surface area contributed by atoms with Crippen LogP contribution in [0, 0.1) is 0 Å². The maximum Gasteiger partial charge on any atom is 0.338 e. The molecule has 1 aromatic carbocycles. The second-order valence-electron chi connectivity index (χ2n) is 5.94. The van der Waals surface area contributed by atoms with Crippen molar-refractivity contribution < 1.29 is 28.3 Å². The van der Waals surface area contributed by atoms with E-state index in [2.05, 4.69) is 4.98 Å². The lowest BCUT2D eigenvalue weighted by Gasteiger charge is -2.05. The number of hydrogen-bond donors (Lipinski definition) is 2. The summed E-state index contributed by atoms with van der Waals surface area (Å²) in [4.78, 5) is 38.8. The third-order valence-corrected chi connectivity index (χ3v) is 4.16. The zero-order valence-corrected chi connectivity index (χ0v) is 15.9. The highest BCUT2D eigenvalue weighted by molar-refractivity contribution is 6.32. The molecule has 0 fully saturated rings. The smallest absolute Gasteiger partial charge is 0.338 e. The lowest BCUT2D eigenvalue weighted by molar-refractivity contribution is -0.142. The van der Waals surface area contributed by atoms with Crippen molar-refractivity contribution in [2.45, 2.75) is 20.5 Å². The largest absolute Gasteiger partial charge is 0.462 e. The second kappa shape index (κ2) is 7.77. The molecule has 0 radical (unpaired) electrons. The van der Waals surface area contributed by atoms with Crippen LogP contribution in [0.1, 0.15) is 46.0 Å². The summed E-state index contributed by atoms with van der Waals surface area (Å²) in [5.74, 6) is -1.56. The number of carbonyl (C=O) groups excluding carboxylic acids is 3. The van der Waals surface area contributed by atoms with Gasteiger partial charge in [-0.05, 0) is 25.1 Å². The van der Waals surface area contributed by atoms with Crippen LogP contribution in [0.15, 0.2) is 28.9 Å². The Morgan fingerprint density at radius 2 is 1.96 bits per heavy atom. The van der Waals surface area contributed by atoms with Crippen LogP contribution >= 0.6 is 11.6 Å². The van der Waals surface area contributed by atoms with E-state index in [0.29, 0.717) is 16.5 Å². The SMILES string of the molecule is CCOC(=O)c1cc(Cl)cc2[nH]c(C(=O)c3cc(COC(C)=O)co3)c(N)c12. The summed E-state index contributed by atoms with van der Waals surface area (Å²) < 4.78 is 15.2. The molecule has 0 amide bonds. The number of furan rings is 1. The van der Waals surface area contributed by atoms with Gasteiger partial charge in [0.25, 0.3) is 0 Å². The molecule has 8 nitrogen and oxygen atoms in total. The number of nitrogen functional groups attached to an aromatic ring is 1. The van der Waals surface area contributed by atoms with Crippen molar-refractivity contribution in [3.05, 3.63) is 52.1 Å². The van der Waals surface area contributed by atoms with Crippen molar-refractivity contribution in [1.29, 1.82) is 0 Å². The molecule has 146 valence electrons. The van der Waals surface area contributed by atoms with Gasteiger partial charge in [0.2, 0.25) is 5.78 Å². The highest BCUT2D eigenvalue weighted by atomic mass is 35.5. The van der Waals surface area contributed by atoms with Gasteiger partial charge < -0.3 is 24.6 Å². The Bertz CT molecular complexity index is 1080. The Kier molecular flexibility index (Phi) is 5.41. The average Bonchev–Trinajstić information content (AvgIpc) is 3.24. The number of esters is 2. The average molecular weight is 405 g/mol. The maximum absolute atomic E-state index is 12.8. The molecule has 0 unspecified atom stereocenters. The van der Waals surface area contributed by atoms with E-state index in [9.17, 15) is 14.4 Å². The van der Waals surface area contributed by atoms with Gasteiger partial charge in [0.15, 0.2) is 5.76 Å². The van der Waals surface area contributed by atoms with Gasteiger partial charge in [-0.2, -0.15) is 0 Å². The third-order valence-electron chi connectivity index (χ3n) is 3.94. The topological polar surface area (TPSA) is 125 Å². The molecular weight excluding hydrogens is 388 g/mol. The zero-order chi connectivity index (χ0) is 20.4. The van der Waals surface area contributed by atoms with Crippen LogP contribution in [0.5, 0.6) is 0 Å². The summed E-state index contributed by atoms with van der Waals surface area (Å²) in [5.41, 5.74) is 7.38. The molecule has 3 aromatic rings. The molecule has 9 heteroatoms. The van der Waals surface area contributed by atoms with Gasteiger partial charge in [0.05, 0.1) is 29.6 Å². The number of fused-ring (bicyclic) bond motifs is 1. The number of ether oxygens (including phenoxy) is 2. The minimum absolute atomic E-state index is 0.00388. The fourth-order valence-corrected chi connectivity index (χ4v) is 2.97. The minimum atomic E-state index is -0.596. The Morgan fingerprint density at radius 3 is 2.64 bits per heavy atom. The minimum Gasteiger partial charge on any atom is -0.462 e. The lowest BCUT2D eigenvalue weighted by atomic mass is 10.1. The fraction of sp³-hybridized carbons (Fsp3) is 0.211. The third kappa shape index (κ3) is 3.72. The number of carbonyl (C=O) groups is 3. The molecule has 0 atom stereocenters. The van der Waals surface area contributed by atoms with E-state index >= 15 is 0 Å². The molecule has 3 N–H and O–H groups in total. The number of aromatic amines is 1. The number of ketones is 1. The molecular formula is C19H17ClN2O6. The summed E-state index contributed by atoms with van der Waals surface area (Å²) in [6.45, 7) is 3.13. The molecule has 0 saturated carbocycles.